The largest absolute Gasteiger partial charge is 0.443 e. The van der Waals surface area contributed by atoms with Crippen molar-refractivity contribution in [3.05, 3.63) is 17.8 Å². The molecule has 1 aliphatic rings. The second-order valence-electron chi connectivity index (χ2n) is 4.13. The number of aliphatic hydroxyl groups excluding tert-OH is 1. The first-order valence-electron chi connectivity index (χ1n) is 5.61. The van der Waals surface area contributed by atoms with E-state index in [1.807, 2.05) is 0 Å². The highest BCUT2D eigenvalue weighted by atomic mass is 16.4. The fourth-order valence-corrected chi connectivity index (χ4v) is 1.89. The van der Waals surface area contributed by atoms with E-state index in [0.717, 1.165) is 18.9 Å². The van der Waals surface area contributed by atoms with E-state index in [1.165, 1.54) is 25.9 Å². The molecule has 0 saturated carbocycles. The van der Waals surface area contributed by atoms with Crippen molar-refractivity contribution in [3.63, 3.8) is 0 Å². The smallest absolute Gasteiger partial charge is 0.195 e. The maximum absolute atomic E-state index is 9.27. The number of aromatic nitrogens is 1. The summed E-state index contributed by atoms with van der Waals surface area (Å²) in [6, 6.07) is 0. The van der Waals surface area contributed by atoms with Crippen LogP contribution >= 0.6 is 0 Å². The number of nitrogens with zero attached hydrogens (tertiary/aromatic N) is 2. The molecule has 0 aliphatic carbocycles. The van der Waals surface area contributed by atoms with Gasteiger partial charge in [0.15, 0.2) is 11.7 Å². The molecule has 4 heteroatoms. The zero-order valence-corrected chi connectivity index (χ0v) is 9.15. The first-order chi connectivity index (χ1) is 7.25. The fraction of sp³-hybridized carbons (Fsp3) is 0.727. The molecule has 0 amide bonds. The maximum Gasteiger partial charge on any atom is 0.195 e. The van der Waals surface area contributed by atoms with Gasteiger partial charge in [0.05, 0.1) is 6.20 Å². The average molecular weight is 210 g/mol. The zero-order chi connectivity index (χ0) is 10.7. The van der Waals surface area contributed by atoms with Gasteiger partial charge in [-0.15, -0.1) is 0 Å². The lowest BCUT2D eigenvalue weighted by atomic mass is 10.3. The van der Waals surface area contributed by atoms with Crippen LogP contribution in [-0.4, -0.2) is 34.6 Å². The molecule has 2 rings (SSSR count). The minimum atomic E-state index is -0.557. The minimum Gasteiger partial charge on any atom is -0.443 e. The third-order valence-electron chi connectivity index (χ3n) is 2.82. The molecule has 0 bridgehead atoms. The molecule has 15 heavy (non-hydrogen) atoms. The number of hydrogen-bond donors (Lipinski definition) is 1. The molecule has 0 spiro atoms. The second-order valence-corrected chi connectivity index (χ2v) is 4.13. The van der Waals surface area contributed by atoms with Crippen LogP contribution in [0.4, 0.5) is 0 Å². The topological polar surface area (TPSA) is 49.5 Å². The molecule has 84 valence electrons. The molecule has 1 unspecified atom stereocenters. The molecule has 1 aromatic rings. The van der Waals surface area contributed by atoms with E-state index in [9.17, 15) is 5.11 Å². The van der Waals surface area contributed by atoms with Crippen molar-refractivity contribution in [2.24, 2.45) is 0 Å². The number of oxazole rings is 1. The number of rotatable bonds is 4. The summed E-state index contributed by atoms with van der Waals surface area (Å²) in [5.41, 5.74) is 0. The molecule has 1 saturated heterocycles. The van der Waals surface area contributed by atoms with Crippen molar-refractivity contribution in [2.45, 2.75) is 32.3 Å². The van der Waals surface area contributed by atoms with Crippen molar-refractivity contribution in [3.8, 4) is 0 Å². The van der Waals surface area contributed by atoms with Gasteiger partial charge in [0.25, 0.3) is 0 Å². The standard InChI is InChI=1S/C11H18N2O2/c1-9(14)10-8-12-11(15-10)4-7-13-5-2-3-6-13/h8-9,14H,2-7H2,1H3. The van der Waals surface area contributed by atoms with E-state index in [4.69, 9.17) is 4.42 Å². The SMILES string of the molecule is CC(O)c1cnc(CCN2CCCC2)o1. The molecular weight excluding hydrogens is 192 g/mol. The molecule has 0 aromatic carbocycles. The van der Waals surface area contributed by atoms with Crippen LogP contribution in [-0.2, 0) is 6.42 Å². The lowest BCUT2D eigenvalue weighted by Gasteiger charge is -2.12. The summed E-state index contributed by atoms with van der Waals surface area (Å²) >= 11 is 0. The first kappa shape index (κ1) is 10.6. The van der Waals surface area contributed by atoms with E-state index >= 15 is 0 Å². The average Bonchev–Trinajstić information content (AvgIpc) is 2.86. The quantitative estimate of drug-likeness (QED) is 0.815. The Kier molecular flexibility index (Phi) is 3.38. The van der Waals surface area contributed by atoms with Crippen molar-refractivity contribution in [2.75, 3.05) is 19.6 Å². The summed E-state index contributed by atoms with van der Waals surface area (Å²) in [6.45, 7) is 5.10. The van der Waals surface area contributed by atoms with E-state index < -0.39 is 6.10 Å². The van der Waals surface area contributed by atoms with Crippen molar-refractivity contribution in [1.82, 2.24) is 9.88 Å². The van der Waals surface area contributed by atoms with Crippen LogP contribution in [0.25, 0.3) is 0 Å². The van der Waals surface area contributed by atoms with Crippen LogP contribution in [0.3, 0.4) is 0 Å². The highest BCUT2D eigenvalue weighted by molar-refractivity contribution is 4.97. The highest BCUT2D eigenvalue weighted by Crippen LogP contribution is 2.14. The van der Waals surface area contributed by atoms with Gasteiger partial charge in [-0.25, -0.2) is 4.98 Å². The van der Waals surface area contributed by atoms with E-state index in [-0.39, 0.29) is 0 Å². The van der Waals surface area contributed by atoms with Gasteiger partial charge in [-0.2, -0.15) is 0 Å². The Morgan fingerprint density at radius 3 is 2.87 bits per heavy atom. The summed E-state index contributed by atoms with van der Waals surface area (Å²) in [5, 5.41) is 9.27. The molecule has 1 atom stereocenters. The lowest BCUT2D eigenvalue weighted by molar-refractivity contribution is 0.166. The van der Waals surface area contributed by atoms with Crippen LogP contribution in [0.15, 0.2) is 10.6 Å². The highest BCUT2D eigenvalue weighted by Gasteiger charge is 2.13. The van der Waals surface area contributed by atoms with Gasteiger partial charge in [0, 0.05) is 13.0 Å². The second kappa shape index (κ2) is 4.77. The lowest BCUT2D eigenvalue weighted by Crippen LogP contribution is -2.21. The van der Waals surface area contributed by atoms with Crippen LogP contribution in [0, 0.1) is 0 Å². The number of aliphatic hydroxyl groups is 1. The molecule has 1 aromatic heterocycles. The summed E-state index contributed by atoms with van der Waals surface area (Å²) in [7, 11) is 0. The summed E-state index contributed by atoms with van der Waals surface area (Å²) in [5.74, 6) is 1.30. The Labute approximate surface area is 89.9 Å². The Hall–Kier alpha value is -0.870. The first-order valence-corrected chi connectivity index (χ1v) is 5.61. The van der Waals surface area contributed by atoms with Gasteiger partial charge >= 0.3 is 0 Å². The van der Waals surface area contributed by atoms with Crippen LogP contribution in [0.5, 0.6) is 0 Å². The Morgan fingerprint density at radius 2 is 2.27 bits per heavy atom. The van der Waals surface area contributed by atoms with Gasteiger partial charge < -0.3 is 14.4 Å². The molecule has 4 nitrogen and oxygen atoms in total. The Balaban J connectivity index is 1.82. The predicted octanol–water partition coefficient (Wildman–Crippen LogP) is 1.37. The molecular formula is C11H18N2O2. The molecule has 1 fully saturated rings. The van der Waals surface area contributed by atoms with Crippen LogP contribution < -0.4 is 0 Å². The third kappa shape index (κ3) is 2.79. The number of hydrogen-bond acceptors (Lipinski definition) is 4. The van der Waals surface area contributed by atoms with Gasteiger partial charge in [-0.3, -0.25) is 0 Å². The summed E-state index contributed by atoms with van der Waals surface area (Å²) in [6.07, 6.45) is 4.52. The summed E-state index contributed by atoms with van der Waals surface area (Å²) in [4.78, 5) is 6.57. The normalized spacial score (nSPS) is 19.6. The monoisotopic (exact) mass is 210 g/mol. The van der Waals surface area contributed by atoms with E-state index in [0.29, 0.717) is 5.76 Å². The third-order valence-corrected chi connectivity index (χ3v) is 2.82. The molecule has 1 N–H and O–H groups in total. The van der Waals surface area contributed by atoms with Gasteiger partial charge in [0.1, 0.15) is 6.10 Å². The summed E-state index contributed by atoms with van der Waals surface area (Å²) < 4.78 is 5.42. The van der Waals surface area contributed by atoms with Crippen molar-refractivity contribution >= 4 is 0 Å². The van der Waals surface area contributed by atoms with Crippen molar-refractivity contribution < 1.29 is 9.52 Å². The van der Waals surface area contributed by atoms with Crippen molar-refractivity contribution in [1.29, 1.82) is 0 Å². The fourth-order valence-electron chi connectivity index (χ4n) is 1.89. The Morgan fingerprint density at radius 1 is 1.53 bits per heavy atom. The molecule has 0 radical (unpaired) electrons. The van der Waals surface area contributed by atoms with Crippen LogP contribution in [0.2, 0.25) is 0 Å². The number of likely N-dealkylation sites (tertiary alicyclic amines) is 1. The van der Waals surface area contributed by atoms with Gasteiger partial charge in [0.2, 0.25) is 0 Å². The predicted molar refractivity (Wildman–Crippen MR) is 56.5 cm³/mol. The van der Waals surface area contributed by atoms with Crippen LogP contribution in [0.1, 0.15) is 37.5 Å². The zero-order valence-electron chi connectivity index (χ0n) is 9.15. The van der Waals surface area contributed by atoms with E-state index in [2.05, 4.69) is 9.88 Å². The molecule has 1 aliphatic heterocycles. The van der Waals surface area contributed by atoms with Gasteiger partial charge in [-0.1, -0.05) is 0 Å². The van der Waals surface area contributed by atoms with Gasteiger partial charge in [-0.05, 0) is 32.9 Å². The minimum absolute atomic E-state index is 0.557. The van der Waals surface area contributed by atoms with E-state index in [1.54, 1.807) is 13.1 Å². The Bertz CT molecular complexity index is 303. The maximum atomic E-state index is 9.27. The molecule has 2 heterocycles.